The molecule has 1 saturated heterocycles. The first kappa shape index (κ1) is 27.2. The summed E-state index contributed by atoms with van der Waals surface area (Å²) in [6.45, 7) is 6.45. The number of hydrogen-bond donors (Lipinski definition) is 2. The Morgan fingerprint density at radius 1 is 1.15 bits per heavy atom. The molecule has 0 radical (unpaired) electrons. The van der Waals surface area contributed by atoms with E-state index in [-0.39, 0.29) is 28.6 Å². The molecule has 0 aromatic heterocycles. The molecular weight excluding hydrogens is 525 g/mol. The molecule has 2 fully saturated rings. The first-order valence-corrected chi connectivity index (χ1v) is 14.7. The molecule has 1 saturated carbocycles. The predicted molar refractivity (Wildman–Crippen MR) is 144 cm³/mol. The van der Waals surface area contributed by atoms with E-state index in [0.29, 0.717) is 44.5 Å². The smallest absolute Gasteiger partial charge is 0.410 e. The molecule has 2 aromatic carbocycles. The SMILES string of the molecule is COc1cc(F)ccc1S(=O)(=O)Nc1cc(C2CCN(C(=O)OC(C)(C)C)CC2)c2c(c1)C1(CCC1)C(=O)N2. The number of halogens is 1. The third kappa shape index (κ3) is 5.04. The Hall–Kier alpha value is -3.34. The molecule has 9 nitrogen and oxygen atoms in total. The third-order valence-electron chi connectivity index (χ3n) is 7.82. The van der Waals surface area contributed by atoms with Crippen LogP contribution in [0.15, 0.2) is 35.2 Å². The number of nitrogens with zero attached hydrogens (tertiary/aromatic N) is 1. The minimum Gasteiger partial charge on any atom is -0.495 e. The Balaban J connectivity index is 1.47. The van der Waals surface area contributed by atoms with Gasteiger partial charge < -0.3 is 19.7 Å². The molecule has 3 aliphatic rings. The molecule has 0 unspecified atom stereocenters. The summed E-state index contributed by atoms with van der Waals surface area (Å²) in [7, 11) is -2.85. The lowest BCUT2D eigenvalue weighted by Crippen LogP contribution is -2.41. The first-order chi connectivity index (χ1) is 18.3. The monoisotopic (exact) mass is 559 g/mol. The van der Waals surface area contributed by atoms with Crippen LogP contribution in [0, 0.1) is 5.82 Å². The summed E-state index contributed by atoms with van der Waals surface area (Å²) in [6, 6.07) is 6.75. The number of sulfonamides is 1. The maximum atomic E-state index is 13.7. The molecule has 2 aliphatic heterocycles. The van der Waals surface area contributed by atoms with Gasteiger partial charge >= 0.3 is 6.09 Å². The Bertz CT molecular complexity index is 1420. The van der Waals surface area contributed by atoms with Gasteiger partial charge in [0.2, 0.25) is 5.91 Å². The number of carbonyl (C=O) groups is 2. The van der Waals surface area contributed by atoms with Gasteiger partial charge in [0.05, 0.1) is 12.5 Å². The van der Waals surface area contributed by atoms with Crippen molar-refractivity contribution in [3.05, 3.63) is 47.3 Å². The number of piperidine rings is 1. The fraction of sp³-hybridized carbons (Fsp3) is 0.500. The number of anilines is 2. The lowest BCUT2D eigenvalue weighted by Gasteiger charge is -2.37. The van der Waals surface area contributed by atoms with Crippen LogP contribution >= 0.6 is 0 Å². The van der Waals surface area contributed by atoms with Crippen molar-refractivity contribution >= 4 is 33.4 Å². The second-order valence-corrected chi connectivity index (χ2v) is 13.2. The average molecular weight is 560 g/mol. The second kappa shape index (κ2) is 9.69. The fourth-order valence-electron chi connectivity index (χ4n) is 5.72. The van der Waals surface area contributed by atoms with Gasteiger partial charge in [-0.2, -0.15) is 0 Å². The van der Waals surface area contributed by atoms with Crippen LogP contribution in [0.3, 0.4) is 0 Å². The van der Waals surface area contributed by atoms with Gasteiger partial charge in [-0.05, 0) is 87.8 Å². The van der Waals surface area contributed by atoms with Gasteiger partial charge in [0.1, 0.15) is 22.1 Å². The Labute approximate surface area is 228 Å². The zero-order valence-electron chi connectivity index (χ0n) is 22.6. The first-order valence-electron chi connectivity index (χ1n) is 13.2. The van der Waals surface area contributed by atoms with Gasteiger partial charge in [0.15, 0.2) is 0 Å². The van der Waals surface area contributed by atoms with Gasteiger partial charge in [0.25, 0.3) is 10.0 Å². The van der Waals surface area contributed by atoms with Crippen molar-refractivity contribution in [1.82, 2.24) is 4.90 Å². The number of methoxy groups -OCH3 is 1. The highest BCUT2D eigenvalue weighted by Crippen LogP contribution is 2.54. The lowest BCUT2D eigenvalue weighted by atomic mass is 9.64. The number of ether oxygens (including phenoxy) is 2. The minimum atomic E-state index is -4.13. The number of hydrogen-bond acceptors (Lipinski definition) is 6. The Kier molecular flexibility index (Phi) is 6.77. The largest absolute Gasteiger partial charge is 0.495 e. The van der Waals surface area contributed by atoms with E-state index < -0.39 is 26.9 Å². The summed E-state index contributed by atoms with van der Waals surface area (Å²) in [5.74, 6) is -0.778. The van der Waals surface area contributed by atoms with E-state index in [1.54, 1.807) is 17.0 Å². The van der Waals surface area contributed by atoms with Crippen molar-refractivity contribution in [1.29, 1.82) is 0 Å². The van der Waals surface area contributed by atoms with Gasteiger partial charge in [-0.25, -0.2) is 17.6 Å². The van der Waals surface area contributed by atoms with E-state index in [1.807, 2.05) is 20.8 Å². The number of benzene rings is 2. The Morgan fingerprint density at radius 2 is 1.85 bits per heavy atom. The highest BCUT2D eigenvalue weighted by atomic mass is 32.2. The molecule has 2 amide bonds. The van der Waals surface area contributed by atoms with E-state index in [9.17, 15) is 22.4 Å². The van der Waals surface area contributed by atoms with Crippen molar-refractivity contribution in [2.75, 3.05) is 30.2 Å². The van der Waals surface area contributed by atoms with Crippen LogP contribution in [-0.2, 0) is 25.0 Å². The van der Waals surface area contributed by atoms with Crippen molar-refractivity contribution in [3.63, 3.8) is 0 Å². The zero-order valence-corrected chi connectivity index (χ0v) is 23.4. The molecule has 0 bridgehead atoms. The summed E-state index contributed by atoms with van der Waals surface area (Å²) in [5.41, 5.74) is 1.47. The van der Waals surface area contributed by atoms with Crippen LogP contribution in [-0.4, -0.2) is 51.1 Å². The van der Waals surface area contributed by atoms with Gasteiger partial charge in [-0.3, -0.25) is 9.52 Å². The summed E-state index contributed by atoms with van der Waals surface area (Å²) in [6.07, 6.45) is 3.23. The summed E-state index contributed by atoms with van der Waals surface area (Å²) in [5, 5.41) is 3.08. The maximum absolute atomic E-state index is 13.7. The van der Waals surface area contributed by atoms with Crippen LogP contribution < -0.4 is 14.8 Å². The summed E-state index contributed by atoms with van der Waals surface area (Å²) >= 11 is 0. The van der Waals surface area contributed by atoms with Crippen molar-refractivity contribution in [2.45, 2.75) is 74.7 Å². The molecule has 39 heavy (non-hydrogen) atoms. The standard InChI is InChI=1S/C28H34FN3O6S/c1-27(2,3)38-26(34)32-12-8-17(9-13-32)20-15-19(16-21-24(20)30-25(33)28(21)10-5-11-28)31-39(35,36)23-7-6-18(29)14-22(23)37-4/h6-7,14-17,31H,5,8-13H2,1-4H3,(H,30,33). The topological polar surface area (TPSA) is 114 Å². The Morgan fingerprint density at radius 3 is 2.44 bits per heavy atom. The summed E-state index contributed by atoms with van der Waals surface area (Å²) < 4.78 is 53.7. The van der Waals surface area contributed by atoms with Crippen molar-refractivity contribution in [3.8, 4) is 5.75 Å². The number of amides is 2. The molecule has 2 aromatic rings. The predicted octanol–water partition coefficient (Wildman–Crippen LogP) is 5.12. The van der Waals surface area contributed by atoms with Crippen LogP contribution in [0.25, 0.3) is 0 Å². The maximum Gasteiger partial charge on any atom is 0.410 e. The lowest BCUT2D eigenvalue weighted by molar-refractivity contribution is -0.123. The molecule has 210 valence electrons. The van der Waals surface area contributed by atoms with Gasteiger partial charge in [-0.1, -0.05) is 6.42 Å². The second-order valence-electron chi connectivity index (χ2n) is 11.5. The molecule has 0 atom stereocenters. The molecular formula is C28H34FN3O6S. The van der Waals surface area contributed by atoms with Crippen LogP contribution in [0.5, 0.6) is 5.75 Å². The van der Waals surface area contributed by atoms with E-state index in [0.717, 1.165) is 41.4 Å². The van der Waals surface area contributed by atoms with Crippen LogP contribution in [0.1, 0.15) is 69.9 Å². The molecule has 1 spiro atoms. The number of fused-ring (bicyclic) bond motifs is 2. The van der Waals surface area contributed by atoms with Gasteiger partial charge in [-0.15, -0.1) is 0 Å². The quantitative estimate of drug-likeness (QED) is 0.526. The van der Waals surface area contributed by atoms with Crippen molar-refractivity contribution < 1.29 is 31.9 Å². The molecule has 1 aliphatic carbocycles. The summed E-state index contributed by atoms with van der Waals surface area (Å²) in [4.78, 5) is 27.2. The van der Waals surface area contributed by atoms with Crippen LogP contribution in [0.4, 0.5) is 20.6 Å². The number of carbonyl (C=O) groups excluding carboxylic acids is 2. The van der Waals surface area contributed by atoms with E-state index in [4.69, 9.17) is 9.47 Å². The molecule has 2 N–H and O–H groups in total. The average Bonchev–Trinajstić information content (AvgIpc) is 3.14. The fourth-order valence-corrected chi connectivity index (χ4v) is 6.91. The van der Waals surface area contributed by atoms with Crippen LogP contribution in [0.2, 0.25) is 0 Å². The minimum absolute atomic E-state index is 0.00206. The number of nitrogens with one attached hydrogen (secondary N) is 2. The number of rotatable bonds is 5. The number of likely N-dealkylation sites (tertiary alicyclic amines) is 1. The molecule has 2 heterocycles. The molecule has 11 heteroatoms. The highest BCUT2D eigenvalue weighted by molar-refractivity contribution is 7.92. The zero-order chi connectivity index (χ0) is 28.2. The highest BCUT2D eigenvalue weighted by Gasteiger charge is 2.52. The third-order valence-corrected chi connectivity index (χ3v) is 9.24. The van der Waals surface area contributed by atoms with E-state index >= 15 is 0 Å². The normalized spacial score (nSPS) is 18.8. The van der Waals surface area contributed by atoms with E-state index in [2.05, 4.69) is 10.0 Å². The van der Waals surface area contributed by atoms with E-state index in [1.165, 1.54) is 7.11 Å². The molecule has 5 rings (SSSR count). The van der Waals surface area contributed by atoms with Crippen molar-refractivity contribution in [2.24, 2.45) is 0 Å². The van der Waals surface area contributed by atoms with Gasteiger partial charge in [0, 0.05) is 30.5 Å².